The summed E-state index contributed by atoms with van der Waals surface area (Å²) in [6.07, 6.45) is -0.199. The third kappa shape index (κ3) is 3.84. The number of hydrogen-bond acceptors (Lipinski definition) is 5. The Morgan fingerprint density at radius 1 is 0.871 bits per heavy atom. The lowest BCUT2D eigenvalue weighted by Gasteiger charge is -2.36. The van der Waals surface area contributed by atoms with Crippen molar-refractivity contribution in [1.29, 1.82) is 0 Å². The highest BCUT2D eigenvalue weighted by atomic mass is 32.2. The predicted octanol–water partition coefficient (Wildman–Crippen LogP) is 1.74. The maximum absolute atomic E-state index is 14.1. The van der Waals surface area contributed by atoms with Crippen LogP contribution in [0.15, 0.2) is 47.4 Å². The summed E-state index contributed by atoms with van der Waals surface area (Å²) in [5.74, 6) is -3.98. The van der Waals surface area contributed by atoms with Crippen LogP contribution in [-0.2, 0) is 19.6 Å². The van der Waals surface area contributed by atoms with Crippen LogP contribution >= 0.6 is 0 Å². The maximum atomic E-state index is 14.1. The summed E-state index contributed by atoms with van der Waals surface area (Å²) in [7, 11) is -4.04. The van der Waals surface area contributed by atoms with Crippen molar-refractivity contribution >= 4 is 27.5 Å². The number of benzene rings is 2. The van der Waals surface area contributed by atoms with E-state index in [1.165, 1.54) is 18.2 Å². The Morgan fingerprint density at radius 2 is 1.55 bits per heavy atom. The van der Waals surface area contributed by atoms with Gasteiger partial charge in [-0.05, 0) is 24.3 Å². The molecule has 2 fully saturated rings. The van der Waals surface area contributed by atoms with E-state index in [0.717, 1.165) is 22.5 Å². The fraction of sp³-hybridized carbons (Fsp3) is 0.300. The molecule has 0 aliphatic carbocycles. The summed E-state index contributed by atoms with van der Waals surface area (Å²) in [5, 5.41) is 0. The third-order valence-corrected chi connectivity index (χ3v) is 7.37. The lowest BCUT2D eigenvalue weighted by atomic mass is 10.2. The zero-order chi connectivity index (χ0) is 22.3. The predicted molar refractivity (Wildman–Crippen MR) is 104 cm³/mol. The molecule has 2 aliphatic heterocycles. The van der Waals surface area contributed by atoms with Gasteiger partial charge in [-0.3, -0.25) is 14.5 Å². The first kappa shape index (κ1) is 21.5. The average Bonchev–Trinajstić information content (AvgIpc) is 3.02. The largest absolute Gasteiger partial charge is 0.289 e. The minimum atomic E-state index is -4.04. The molecule has 0 radical (unpaired) electrons. The first-order chi connectivity index (χ1) is 14.7. The zero-order valence-corrected chi connectivity index (χ0v) is 17.0. The highest BCUT2D eigenvalue weighted by Crippen LogP contribution is 2.29. The van der Waals surface area contributed by atoms with E-state index in [4.69, 9.17) is 0 Å². The Labute approximate surface area is 176 Å². The molecule has 164 valence electrons. The molecule has 0 saturated carbocycles. The molecule has 0 bridgehead atoms. The Hall–Kier alpha value is -2.76. The van der Waals surface area contributed by atoms with E-state index in [1.807, 2.05) is 0 Å². The van der Waals surface area contributed by atoms with E-state index in [1.54, 1.807) is 4.90 Å². The smallest absolute Gasteiger partial charge is 0.251 e. The van der Waals surface area contributed by atoms with E-state index in [9.17, 15) is 31.2 Å². The summed E-state index contributed by atoms with van der Waals surface area (Å²) >= 11 is 0. The Bertz CT molecular complexity index is 1150. The van der Waals surface area contributed by atoms with Crippen LogP contribution in [0.2, 0.25) is 0 Å². The molecule has 4 rings (SSSR count). The minimum absolute atomic E-state index is 0.000449. The molecule has 7 nitrogen and oxygen atoms in total. The van der Waals surface area contributed by atoms with Crippen LogP contribution in [0.4, 0.5) is 18.9 Å². The molecule has 31 heavy (non-hydrogen) atoms. The van der Waals surface area contributed by atoms with E-state index in [0.29, 0.717) is 11.0 Å². The number of hydrogen-bond donors (Lipinski definition) is 0. The third-order valence-electron chi connectivity index (χ3n) is 5.44. The van der Waals surface area contributed by atoms with E-state index >= 15 is 0 Å². The van der Waals surface area contributed by atoms with Crippen molar-refractivity contribution in [2.75, 3.05) is 31.1 Å². The molecule has 11 heteroatoms. The van der Waals surface area contributed by atoms with E-state index in [-0.39, 0.29) is 38.3 Å². The van der Waals surface area contributed by atoms with Crippen molar-refractivity contribution in [2.24, 2.45) is 0 Å². The van der Waals surface area contributed by atoms with Gasteiger partial charge in [0, 0.05) is 32.2 Å². The van der Waals surface area contributed by atoms with Gasteiger partial charge in [-0.1, -0.05) is 12.1 Å². The van der Waals surface area contributed by atoms with Gasteiger partial charge in [0.1, 0.15) is 22.3 Å². The van der Waals surface area contributed by atoms with Gasteiger partial charge in [0.15, 0.2) is 0 Å². The first-order valence-corrected chi connectivity index (χ1v) is 10.9. The van der Waals surface area contributed by atoms with Gasteiger partial charge in [-0.2, -0.15) is 4.31 Å². The molecule has 2 aromatic carbocycles. The molecule has 1 atom stereocenters. The topological polar surface area (TPSA) is 78.0 Å². The van der Waals surface area contributed by atoms with Gasteiger partial charge in [-0.25, -0.2) is 26.5 Å². The molecule has 2 aliphatic rings. The van der Waals surface area contributed by atoms with Crippen molar-refractivity contribution in [3.05, 3.63) is 59.9 Å². The molecule has 0 spiro atoms. The second-order valence-electron chi connectivity index (χ2n) is 7.25. The van der Waals surface area contributed by atoms with Crippen molar-refractivity contribution in [2.45, 2.75) is 17.4 Å². The monoisotopic (exact) mass is 453 g/mol. The summed E-state index contributed by atoms with van der Waals surface area (Å²) in [4.78, 5) is 27.1. The van der Waals surface area contributed by atoms with Gasteiger partial charge in [0.2, 0.25) is 15.9 Å². The van der Waals surface area contributed by atoms with Crippen LogP contribution in [0.1, 0.15) is 6.42 Å². The second-order valence-corrected chi connectivity index (χ2v) is 9.16. The summed E-state index contributed by atoms with van der Waals surface area (Å²) in [5.41, 5.74) is -0.320. The number of nitrogens with zero attached hydrogens (tertiary/aromatic N) is 3. The fourth-order valence-electron chi connectivity index (χ4n) is 3.87. The molecule has 2 amide bonds. The van der Waals surface area contributed by atoms with Crippen LogP contribution in [0.25, 0.3) is 0 Å². The number of anilines is 1. The molecule has 2 aromatic rings. The van der Waals surface area contributed by atoms with Crippen LogP contribution < -0.4 is 4.90 Å². The molecular formula is C20H18F3N3O4S. The first-order valence-electron chi connectivity index (χ1n) is 9.51. The Balaban J connectivity index is 1.48. The summed E-state index contributed by atoms with van der Waals surface area (Å²) in [6, 6.07) is 6.77. The lowest BCUT2D eigenvalue weighted by Crippen LogP contribution is -2.53. The normalized spacial score (nSPS) is 21.1. The van der Waals surface area contributed by atoms with Crippen molar-refractivity contribution in [1.82, 2.24) is 9.21 Å². The van der Waals surface area contributed by atoms with Gasteiger partial charge in [0.05, 0.1) is 18.2 Å². The van der Waals surface area contributed by atoms with E-state index < -0.39 is 50.2 Å². The number of carbonyl (C=O) groups excluding carboxylic acids is 2. The SMILES string of the molecule is O=C1C[C@H](N2CCN(S(=O)(=O)c3ccccc3F)CC2)C(=O)N1c1ccc(F)cc1F. The van der Waals surface area contributed by atoms with Gasteiger partial charge in [0.25, 0.3) is 5.91 Å². The standard InChI is InChI=1S/C20H18F3N3O4S/c21-13-5-6-16(15(23)11-13)26-19(27)12-17(20(26)28)24-7-9-25(10-8-24)31(29,30)18-4-2-1-3-14(18)22/h1-6,11,17H,7-10,12H2/t17-/m0/s1. The van der Waals surface area contributed by atoms with Crippen molar-refractivity contribution < 1.29 is 31.2 Å². The number of amides is 2. The number of piperazine rings is 1. The Morgan fingerprint density at radius 3 is 2.19 bits per heavy atom. The number of imide groups is 1. The molecular weight excluding hydrogens is 435 g/mol. The quantitative estimate of drug-likeness (QED) is 0.660. The van der Waals surface area contributed by atoms with Crippen molar-refractivity contribution in [3.63, 3.8) is 0 Å². The van der Waals surface area contributed by atoms with Crippen LogP contribution in [0.3, 0.4) is 0 Å². The number of rotatable bonds is 4. The second kappa shape index (κ2) is 8.06. The minimum Gasteiger partial charge on any atom is -0.289 e. The van der Waals surface area contributed by atoms with Crippen LogP contribution in [0, 0.1) is 17.5 Å². The average molecular weight is 453 g/mol. The number of carbonyl (C=O) groups is 2. The molecule has 0 aromatic heterocycles. The zero-order valence-electron chi connectivity index (χ0n) is 16.2. The molecule has 0 unspecified atom stereocenters. The van der Waals surface area contributed by atoms with Gasteiger partial charge >= 0.3 is 0 Å². The van der Waals surface area contributed by atoms with Crippen LogP contribution in [-0.4, -0.2) is 61.7 Å². The number of halogens is 3. The van der Waals surface area contributed by atoms with Gasteiger partial charge in [-0.15, -0.1) is 0 Å². The van der Waals surface area contributed by atoms with E-state index in [2.05, 4.69) is 0 Å². The molecule has 0 N–H and O–H groups in total. The van der Waals surface area contributed by atoms with Gasteiger partial charge < -0.3 is 0 Å². The summed E-state index contributed by atoms with van der Waals surface area (Å²) in [6.45, 7) is 0.271. The molecule has 2 saturated heterocycles. The maximum Gasteiger partial charge on any atom is 0.251 e. The van der Waals surface area contributed by atoms with Crippen molar-refractivity contribution in [3.8, 4) is 0 Å². The summed E-state index contributed by atoms with van der Waals surface area (Å²) < 4.78 is 67.8. The fourth-order valence-corrected chi connectivity index (χ4v) is 5.35. The Kier molecular flexibility index (Phi) is 5.58. The highest BCUT2D eigenvalue weighted by molar-refractivity contribution is 7.89. The molecule has 2 heterocycles. The highest BCUT2D eigenvalue weighted by Gasteiger charge is 2.45. The number of sulfonamides is 1. The lowest BCUT2D eigenvalue weighted by molar-refractivity contribution is -0.123. The van der Waals surface area contributed by atoms with Crippen LogP contribution in [0.5, 0.6) is 0 Å².